The van der Waals surface area contributed by atoms with Crippen LogP contribution in [0.15, 0.2) is 28.7 Å². The molecular formula is C19H27BrN2O4. The van der Waals surface area contributed by atoms with Crippen molar-refractivity contribution in [3.63, 3.8) is 0 Å². The summed E-state index contributed by atoms with van der Waals surface area (Å²) in [5.41, 5.74) is 1.43. The van der Waals surface area contributed by atoms with Crippen LogP contribution in [-0.4, -0.2) is 64.2 Å². The first-order valence-electron chi connectivity index (χ1n) is 9.13. The van der Waals surface area contributed by atoms with Crippen LogP contribution in [0.5, 0.6) is 0 Å². The van der Waals surface area contributed by atoms with Crippen molar-refractivity contribution in [3.05, 3.63) is 34.3 Å². The fraction of sp³-hybridized carbons (Fsp3) is 0.579. The number of halogens is 1. The van der Waals surface area contributed by atoms with E-state index in [0.29, 0.717) is 0 Å². The first-order chi connectivity index (χ1) is 12.5. The quantitative estimate of drug-likeness (QED) is 0.722. The second-order valence-corrected chi connectivity index (χ2v) is 7.76. The number of hydrogen-bond acceptors (Lipinski definition) is 4. The van der Waals surface area contributed by atoms with Crippen molar-refractivity contribution >= 4 is 27.9 Å². The predicted molar refractivity (Wildman–Crippen MR) is 103 cm³/mol. The maximum atomic E-state index is 9.10. The van der Waals surface area contributed by atoms with Crippen LogP contribution in [0.4, 0.5) is 0 Å². The van der Waals surface area contributed by atoms with Crippen LogP contribution in [0.2, 0.25) is 0 Å². The van der Waals surface area contributed by atoms with E-state index in [-0.39, 0.29) is 0 Å². The molecule has 144 valence electrons. The molecule has 0 aromatic heterocycles. The molecule has 26 heavy (non-hydrogen) atoms. The van der Waals surface area contributed by atoms with Gasteiger partial charge in [-0.1, -0.05) is 47.3 Å². The van der Waals surface area contributed by atoms with Crippen LogP contribution in [0.25, 0.3) is 0 Å². The largest absolute Gasteiger partial charge is 0.473 e. The summed E-state index contributed by atoms with van der Waals surface area (Å²) in [7, 11) is 0. The van der Waals surface area contributed by atoms with Gasteiger partial charge in [-0.05, 0) is 30.5 Å². The second kappa shape index (κ2) is 10.6. The normalized spacial score (nSPS) is 19.4. The molecule has 6 nitrogen and oxygen atoms in total. The molecule has 3 rings (SSSR count). The second-order valence-electron chi connectivity index (χ2n) is 6.84. The number of carbonyl (C=O) groups is 2. The Labute approximate surface area is 162 Å². The SMILES string of the molecule is Brc1ccc(CN2CCN(C3CCCCC3)CC2)cc1.O=C(O)C(=O)O. The molecule has 0 radical (unpaired) electrons. The van der Waals surface area contributed by atoms with Crippen molar-refractivity contribution in [1.82, 2.24) is 9.80 Å². The lowest BCUT2D eigenvalue weighted by atomic mass is 9.94. The minimum Gasteiger partial charge on any atom is -0.473 e. The summed E-state index contributed by atoms with van der Waals surface area (Å²) in [6, 6.07) is 9.65. The highest BCUT2D eigenvalue weighted by Crippen LogP contribution is 2.23. The molecular weight excluding hydrogens is 400 g/mol. The van der Waals surface area contributed by atoms with Crippen LogP contribution in [0, 0.1) is 0 Å². The Kier molecular flexibility index (Phi) is 8.54. The molecule has 1 saturated carbocycles. The molecule has 0 spiro atoms. The third kappa shape index (κ3) is 7.05. The molecule has 7 heteroatoms. The standard InChI is InChI=1S/C17H25BrN2.C2H2O4/c18-16-8-6-15(7-9-16)14-19-10-12-20(13-11-19)17-4-2-1-3-5-17;3-1(4)2(5)6/h6-9,17H,1-5,10-14H2;(H,3,4)(H,5,6). The van der Waals surface area contributed by atoms with Crippen molar-refractivity contribution in [2.45, 2.75) is 44.7 Å². The van der Waals surface area contributed by atoms with Gasteiger partial charge in [-0.2, -0.15) is 0 Å². The zero-order valence-electron chi connectivity index (χ0n) is 14.9. The van der Waals surface area contributed by atoms with Gasteiger partial charge < -0.3 is 10.2 Å². The number of carboxylic acid groups (broad SMARTS) is 2. The van der Waals surface area contributed by atoms with Gasteiger partial charge in [0.15, 0.2) is 0 Å². The van der Waals surface area contributed by atoms with E-state index in [0.717, 1.165) is 12.6 Å². The average Bonchev–Trinajstić information content (AvgIpc) is 2.65. The first-order valence-corrected chi connectivity index (χ1v) is 9.92. The molecule has 2 aliphatic rings. The number of carboxylic acids is 2. The summed E-state index contributed by atoms with van der Waals surface area (Å²) in [5, 5.41) is 14.8. The van der Waals surface area contributed by atoms with Crippen molar-refractivity contribution in [1.29, 1.82) is 0 Å². The van der Waals surface area contributed by atoms with E-state index in [1.165, 1.54) is 68.3 Å². The fourth-order valence-corrected chi connectivity index (χ4v) is 3.85. The van der Waals surface area contributed by atoms with Gasteiger partial charge in [-0.25, -0.2) is 9.59 Å². The Morgan fingerprint density at radius 1 is 0.923 bits per heavy atom. The molecule has 0 unspecified atom stereocenters. The van der Waals surface area contributed by atoms with Crippen LogP contribution in [-0.2, 0) is 16.1 Å². The number of rotatable bonds is 3. The van der Waals surface area contributed by atoms with Gasteiger partial charge in [0.05, 0.1) is 0 Å². The summed E-state index contributed by atoms with van der Waals surface area (Å²) in [5.74, 6) is -3.65. The predicted octanol–water partition coefficient (Wildman–Crippen LogP) is 3.06. The van der Waals surface area contributed by atoms with E-state index in [9.17, 15) is 0 Å². The first kappa shape index (κ1) is 20.9. The molecule has 2 N–H and O–H groups in total. The fourth-order valence-electron chi connectivity index (χ4n) is 3.58. The topological polar surface area (TPSA) is 81.1 Å². The third-order valence-corrected chi connectivity index (χ3v) is 5.53. The minimum absolute atomic E-state index is 0.888. The van der Waals surface area contributed by atoms with Gasteiger partial charge in [-0.3, -0.25) is 9.80 Å². The summed E-state index contributed by atoms with van der Waals surface area (Å²) in [6.45, 7) is 6.09. The number of piperazine rings is 1. The molecule has 1 heterocycles. The minimum atomic E-state index is -1.82. The van der Waals surface area contributed by atoms with Crippen LogP contribution in [0.1, 0.15) is 37.7 Å². The zero-order valence-corrected chi connectivity index (χ0v) is 16.5. The third-order valence-electron chi connectivity index (χ3n) is 5.00. The summed E-state index contributed by atoms with van der Waals surface area (Å²) < 4.78 is 1.17. The number of aliphatic carboxylic acids is 2. The van der Waals surface area contributed by atoms with Crippen LogP contribution >= 0.6 is 15.9 Å². The van der Waals surface area contributed by atoms with Crippen molar-refractivity contribution in [2.75, 3.05) is 26.2 Å². The van der Waals surface area contributed by atoms with Crippen molar-refractivity contribution in [3.8, 4) is 0 Å². The highest BCUT2D eigenvalue weighted by molar-refractivity contribution is 9.10. The maximum absolute atomic E-state index is 9.10. The Morgan fingerprint density at radius 3 is 1.96 bits per heavy atom. The maximum Gasteiger partial charge on any atom is 0.414 e. The van der Waals surface area contributed by atoms with Gasteiger partial charge in [0.25, 0.3) is 0 Å². The molecule has 1 aromatic rings. The van der Waals surface area contributed by atoms with E-state index < -0.39 is 11.9 Å². The van der Waals surface area contributed by atoms with Gasteiger partial charge in [0.1, 0.15) is 0 Å². The number of hydrogen-bond donors (Lipinski definition) is 2. The highest BCUT2D eigenvalue weighted by atomic mass is 79.9. The van der Waals surface area contributed by atoms with E-state index in [2.05, 4.69) is 50.0 Å². The van der Waals surface area contributed by atoms with E-state index >= 15 is 0 Å². The van der Waals surface area contributed by atoms with Crippen molar-refractivity contribution < 1.29 is 19.8 Å². The summed E-state index contributed by atoms with van der Waals surface area (Å²) in [4.78, 5) is 23.5. The van der Waals surface area contributed by atoms with Crippen LogP contribution < -0.4 is 0 Å². The molecule has 1 aromatic carbocycles. The monoisotopic (exact) mass is 426 g/mol. The van der Waals surface area contributed by atoms with Gasteiger partial charge in [0, 0.05) is 43.2 Å². The molecule has 0 amide bonds. The van der Waals surface area contributed by atoms with Gasteiger partial charge >= 0.3 is 11.9 Å². The smallest absolute Gasteiger partial charge is 0.414 e. The van der Waals surface area contributed by atoms with E-state index in [4.69, 9.17) is 19.8 Å². The molecule has 2 fully saturated rings. The lowest BCUT2D eigenvalue weighted by molar-refractivity contribution is -0.159. The Morgan fingerprint density at radius 2 is 1.46 bits per heavy atom. The van der Waals surface area contributed by atoms with Gasteiger partial charge in [0.2, 0.25) is 0 Å². The lowest BCUT2D eigenvalue weighted by Crippen LogP contribution is -2.50. The average molecular weight is 427 g/mol. The summed E-state index contributed by atoms with van der Waals surface area (Å²) >= 11 is 3.50. The van der Waals surface area contributed by atoms with Gasteiger partial charge in [-0.15, -0.1) is 0 Å². The molecule has 1 aliphatic carbocycles. The molecule has 0 bridgehead atoms. The Hall–Kier alpha value is -1.44. The number of nitrogens with zero attached hydrogens (tertiary/aromatic N) is 2. The molecule has 0 atom stereocenters. The van der Waals surface area contributed by atoms with E-state index in [1.807, 2.05) is 0 Å². The molecule has 1 aliphatic heterocycles. The lowest BCUT2D eigenvalue weighted by Gasteiger charge is -2.40. The Bertz CT molecular complexity index is 568. The highest BCUT2D eigenvalue weighted by Gasteiger charge is 2.24. The van der Waals surface area contributed by atoms with E-state index in [1.54, 1.807) is 0 Å². The molecule has 1 saturated heterocycles. The van der Waals surface area contributed by atoms with Crippen molar-refractivity contribution in [2.24, 2.45) is 0 Å². The van der Waals surface area contributed by atoms with Crippen LogP contribution in [0.3, 0.4) is 0 Å². The summed E-state index contributed by atoms with van der Waals surface area (Å²) in [6.07, 6.45) is 7.23. The zero-order chi connectivity index (χ0) is 18.9. The number of benzene rings is 1. The Balaban J connectivity index is 0.000000352.